The van der Waals surface area contributed by atoms with Crippen molar-refractivity contribution in [3.8, 4) is 0 Å². The number of non-ortho nitro benzene ring substituents is 1. The molecule has 0 unspecified atom stereocenters. The molecular formula is C17H15N3O4. The van der Waals surface area contributed by atoms with Crippen molar-refractivity contribution in [2.75, 3.05) is 10.6 Å². The fraction of sp³-hybridized carbons (Fsp3) is 0.176. The number of carbonyl (C=O) groups is 2. The molecule has 7 nitrogen and oxygen atoms in total. The third kappa shape index (κ3) is 3.75. The molecule has 2 aromatic carbocycles. The van der Waals surface area contributed by atoms with E-state index in [0.717, 1.165) is 12.8 Å². The van der Waals surface area contributed by atoms with E-state index in [4.69, 9.17) is 0 Å². The smallest absolute Gasteiger partial charge is 0.270 e. The quantitative estimate of drug-likeness (QED) is 0.651. The van der Waals surface area contributed by atoms with Gasteiger partial charge in [0.15, 0.2) is 0 Å². The van der Waals surface area contributed by atoms with Gasteiger partial charge in [-0.1, -0.05) is 6.07 Å². The first-order valence-electron chi connectivity index (χ1n) is 7.49. The number of rotatable bonds is 5. The molecule has 122 valence electrons. The van der Waals surface area contributed by atoms with Crippen LogP contribution in [0.25, 0.3) is 0 Å². The predicted molar refractivity (Wildman–Crippen MR) is 88.8 cm³/mol. The molecule has 1 aliphatic carbocycles. The molecule has 0 saturated heterocycles. The second kappa shape index (κ2) is 6.49. The lowest BCUT2D eigenvalue weighted by Gasteiger charge is -2.08. The maximum atomic E-state index is 12.1. The molecule has 2 N–H and O–H groups in total. The number of amides is 2. The van der Waals surface area contributed by atoms with Crippen LogP contribution >= 0.6 is 0 Å². The fourth-order valence-electron chi connectivity index (χ4n) is 2.19. The first-order chi connectivity index (χ1) is 11.5. The molecule has 1 aliphatic rings. The van der Waals surface area contributed by atoms with Gasteiger partial charge in [0.25, 0.3) is 11.6 Å². The molecule has 7 heteroatoms. The lowest BCUT2D eigenvalue weighted by Crippen LogP contribution is -2.14. The van der Waals surface area contributed by atoms with E-state index < -0.39 is 10.8 Å². The SMILES string of the molecule is O=C(Nc1ccc(NC(=O)C2CC2)cc1)c1cccc([N+](=O)[O-])c1. The van der Waals surface area contributed by atoms with Crippen LogP contribution in [0.5, 0.6) is 0 Å². The number of nitro benzene ring substituents is 1. The van der Waals surface area contributed by atoms with E-state index in [0.29, 0.717) is 11.4 Å². The van der Waals surface area contributed by atoms with Gasteiger partial charge in [0.05, 0.1) is 4.92 Å². The van der Waals surface area contributed by atoms with Crippen LogP contribution in [0.15, 0.2) is 48.5 Å². The molecule has 0 atom stereocenters. The molecule has 2 aromatic rings. The van der Waals surface area contributed by atoms with E-state index in [2.05, 4.69) is 10.6 Å². The van der Waals surface area contributed by atoms with Crippen molar-refractivity contribution in [1.29, 1.82) is 0 Å². The second-order valence-corrected chi connectivity index (χ2v) is 5.60. The zero-order valence-corrected chi connectivity index (χ0v) is 12.7. The summed E-state index contributed by atoms with van der Waals surface area (Å²) >= 11 is 0. The van der Waals surface area contributed by atoms with Crippen LogP contribution in [0.2, 0.25) is 0 Å². The highest BCUT2D eigenvalue weighted by Crippen LogP contribution is 2.30. The molecule has 24 heavy (non-hydrogen) atoms. The van der Waals surface area contributed by atoms with Gasteiger partial charge in [-0.25, -0.2) is 0 Å². The van der Waals surface area contributed by atoms with Gasteiger partial charge in [-0.15, -0.1) is 0 Å². The number of benzene rings is 2. The van der Waals surface area contributed by atoms with Crippen molar-refractivity contribution in [1.82, 2.24) is 0 Å². The number of nitrogens with one attached hydrogen (secondary N) is 2. The minimum absolute atomic E-state index is 0.0170. The Balaban J connectivity index is 1.64. The molecule has 0 aliphatic heterocycles. The Hall–Kier alpha value is -3.22. The van der Waals surface area contributed by atoms with Crippen molar-refractivity contribution in [2.24, 2.45) is 5.92 Å². The molecule has 0 radical (unpaired) electrons. The van der Waals surface area contributed by atoms with Gasteiger partial charge in [0.2, 0.25) is 5.91 Å². The van der Waals surface area contributed by atoms with E-state index in [1.54, 1.807) is 24.3 Å². The van der Waals surface area contributed by atoms with Gasteiger partial charge in [-0.2, -0.15) is 0 Å². The van der Waals surface area contributed by atoms with E-state index in [9.17, 15) is 19.7 Å². The van der Waals surface area contributed by atoms with E-state index >= 15 is 0 Å². The number of anilines is 2. The fourth-order valence-corrected chi connectivity index (χ4v) is 2.19. The standard InChI is InChI=1S/C17H15N3O4/c21-16(11-4-5-11)18-13-6-8-14(9-7-13)19-17(22)12-2-1-3-15(10-12)20(23)24/h1-3,6-11H,4-5H2,(H,18,21)(H,19,22). The van der Waals surface area contributed by atoms with Crippen molar-refractivity contribution in [2.45, 2.75) is 12.8 Å². The Labute approximate surface area is 137 Å². The van der Waals surface area contributed by atoms with Gasteiger partial charge in [-0.05, 0) is 43.2 Å². The van der Waals surface area contributed by atoms with Gasteiger partial charge in [-0.3, -0.25) is 19.7 Å². The lowest BCUT2D eigenvalue weighted by molar-refractivity contribution is -0.384. The zero-order valence-electron chi connectivity index (χ0n) is 12.7. The Bertz CT molecular complexity index is 798. The summed E-state index contributed by atoms with van der Waals surface area (Å²) in [4.78, 5) is 34.0. The molecule has 0 aromatic heterocycles. The minimum atomic E-state index is -0.547. The van der Waals surface area contributed by atoms with E-state index in [-0.39, 0.29) is 23.1 Å². The molecule has 0 heterocycles. The molecule has 0 spiro atoms. The van der Waals surface area contributed by atoms with Gasteiger partial charge in [0.1, 0.15) is 0 Å². The number of hydrogen-bond acceptors (Lipinski definition) is 4. The maximum Gasteiger partial charge on any atom is 0.270 e. The third-order valence-corrected chi connectivity index (χ3v) is 3.68. The summed E-state index contributed by atoms with van der Waals surface area (Å²) in [5.74, 6) is -0.296. The Morgan fingerprint density at radius 2 is 1.62 bits per heavy atom. The van der Waals surface area contributed by atoms with Crippen molar-refractivity contribution < 1.29 is 14.5 Å². The normalized spacial score (nSPS) is 13.2. The van der Waals surface area contributed by atoms with Crippen molar-refractivity contribution in [3.63, 3.8) is 0 Å². The molecule has 3 rings (SSSR count). The van der Waals surface area contributed by atoms with Crippen LogP contribution in [-0.4, -0.2) is 16.7 Å². The monoisotopic (exact) mass is 325 g/mol. The summed E-state index contributed by atoms with van der Waals surface area (Å²) in [5.41, 5.74) is 1.27. The van der Waals surface area contributed by atoms with E-state index in [1.165, 1.54) is 24.3 Å². The van der Waals surface area contributed by atoms with Crippen LogP contribution in [0.3, 0.4) is 0 Å². The second-order valence-electron chi connectivity index (χ2n) is 5.60. The molecular weight excluding hydrogens is 310 g/mol. The summed E-state index contributed by atoms with van der Waals surface area (Å²) in [6, 6.07) is 12.2. The summed E-state index contributed by atoms with van der Waals surface area (Å²) in [7, 11) is 0. The number of hydrogen-bond donors (Lipinski definition) is 2. The Morgan fingerprint density at radius 3 is 2.21 bits per heavy atom. The third-order valence-electron chi connectivity index (χ3n) is 3.68. The maximum absolute atomic E-state index is 12.1. The van der Waals surface area contributed by atoms with Gasteiger partial charge < -0.3 is 10.6 Å². The summed E-state index contributed by atoms with van der Waals surface area (Å²) in [5, 5.41) is 16.2. The minimum Gasteiger partial charge on any atom is -0.326 e. The van der Waals surface area contributed by atoms with Crippen LogP contribution < -0.4 is 10.6 Å². The predicted octanol–water partition coefficient (Wildman–Crippen LogP) is 3.20. The van der Waals surface area contributed by atoms with Crippen LogP contribution in [-0.2, 0) is 4.79 Å². The molecule has 0 bridgehead atoms. The average molecular weight is 325 g/mol. The Morgan fingerprint density at radius 1 is 1.00 bits per heavy atom. The van der Waals surface area contributed by atoms with Crippen LogP contribution in [0.4, 0.5) is 17.1 Å². The highest BCUT2D eigenvalue weighted by molar-refractivity contribution is 6.04. The number of nitro groups is 1. The topological polar surface area (TPSA) is 101 Å². The summed E-state index contributed by atoms with van der Waals surface area (Å²) < 4.78 is 0. The average Bonchev–Trinajstić information content (AvgIpc) is 3.41. The molecule has 1 saturated carbocycles. The highest BCUT2D eigenvalue weighted by atomic mass is 16.6. The Kier molecular flexibility index (Phi) is 4.24. The van der Waals surface area contributed by atoms with Gasteiger partial charge >= 0.3 is 0 Å². The zero-order chi connectivity index (χ0) is 17.1. The van der Waals surface area contributed by atoms with Gasteiger partial charge in [0, 0.05) is 35.0 Å². The lowest BCUT2D eigenvalue weighted by atomic mass is 10.2. The molecule has 1 fully saturated rings. The van der Waals surface area contributed by atoms with E-state index in [1.807, 2.05) is 0 Å². The van der Waals surface area contributed by atoms with Crippen molar-refractivity contribution in [3.05, 3.63) is 64.2 Å². The molecule has 2 amide bonds. The largest absolute Gasteiger partial charge is 0.326 e. The number of nitrogens with zero attached hydrogens (tertiary/aromatic N) is 1. The first kappa shape index (κ1) is 15.7. The first-order valence-corrected chi connectivity index (χ1v) is 7.49. The number of carbonyl (C=O) groups excluding carboxylic acids is 2. The van der Waals surface area contributed by atoms with Crippen LogP contribution in [0.1, 0.15) is 23.2 Å². The summed E-state index contributed by atoms with van der Waals surface area (Å²) in [6.07, 6.45) is 1.87. The van der Waals surface area contributed by atoms with Crippen molar-refractivity contribution >= 4 is 28.9 Å². The van der Waals surface area contributed by atoms with Crippen LogP contribution in [0, 0.1) is 16.0 Å². The highest BCUT2D eigenvalue weighted by Gasteiger charge is 2.29. The summed E-state index contributed by atoms with van der Waals surface area (Å²) in [6.45, 7) is 0.